The van der Waals surface area contributed by atoms with Gasteiger partial charge in [-0.2, -0.15) is 0 Å². The van der Waals surface area contributed by atoms with Crippen molar-refractivity contribution in [3.63, 3.8) is 0 Å². The monoisotopic (exact) mass is 276 g/mol. The van der Waals surface area contributed by atoms with Gasteiger partial charge in [0, 0.05) is 26.2 Å². The smallest absolute Gasteiger partial charge is 0.125 e. The summed E-state index contributed by atoms with van der Waals surface area (Å²) in [5.41, 5.74) is 1.61. The van der Waals surface area contributed by atoms with E-state index in [2.05, 4.69) is 34.0 Å². The highest BCUT2D eigenvalue weighted by Gasteiger charge is 2.27. The van der Waals surface area contributed by atoms with E-state index in [0.29, 0.717) is 5.92 Å². The van der Waals surface area contributed by atoms with Gasteiger partial charge in [0.25, 0.3) is 0 Å². The quantitative estimate of drug-likeness (QED) is 0.904. The molecular formula is C15H21FN4. The molecule has 1 aliphatic heterocycles. The number of imidazole rings is 1. The zero-order chi connectivity index (χ0) is 14.1. The fraction of sp³-hybridized carbons (Fsp3) is 0.533. The highest BCUT2D eigenvalue weighted by atomic mass is 19.1. The molecule has 0 saturated carbocycles. The lowest BCUT2D eigenvalue weighted by molar-refractivity contribution is 0.131. The number of benzene rings is 1. The molecule has 0 radical (unpaired) electrons. The summed E-state index contributed by atoms with van der Waals surface area (Å²) in [7, 11) is 0. The van der Waals surface area contributed by atoms with Crippen LogP contribution in [0.25, 0.3) is 11.0 Å². The summed E-state index contributed by atoms with van der Waals surface area (Å²) >= 11 is 0. The molecule has 20 heavy (non-hydrogen) atoms. The second kappa shape index (κ2) is 5.50. The lowest BCUT2D eigenvalue weighted by Crippen LogP contribution is -2.46. The van der Waals surface area contributed by atoms with E-state index in [4.69, 9.17) is 0 Å². The minimum atomic E-state index is -0.226. The van der Waals surface area contributed by atoms with Gasteiger partial charge in [0.2, 0.25) is 0 Å². The first-order chi connectivity index (χ1) is 9.65. The minimum absolute atomic E-state index is 0.226. The van der Waals surface area contributed by atoms with Crippen LogP contribution >= 0.6 is 0 Å². The van der Waals surface area contributed by atoms with Gasteiger partial charge in [-0.05, 0) is 24.1 Å². The van der Waals surface area contributed by atoms with Gasteiger partial charge < -0.3 is 10.3 Å². The van der Waals surface area contributed by atoms with Crippen molar-refractivity contribution >= 4 is 11.0 Å². The summed E-state index contributed by atoms with van der Waals surface area (Å²) < 4.78 is 13.3. The molecule has 1 unspecified atom stereocenters. The Morgan fingerprint density at radius 3 is 2.70 bits per heavy atom. The molecule has 1 aromatic heterocycles. The van der Waals surface area contributed by atoms with Crippen molar-refractivity contribution in [2.75, 3.05) is 26.2 Å². The van der Waals surface area contributed by atoms with E-state index < -0.39 is 0 Å². The molecule has 2 aromatic rings. The van der Waals surface area contributed by atoms with Crippen LogP contribution < -0.4 is 5.32 Å². The molecule has 1 aliphatic rings. The zero-order valence-corrected chi connectivity index (χ0v) is 12.0. The third-order valence-corrected chi connectivity index (χ3v) is 3.92. The predicted octanol–water partition coefficient (Wildman–Crippen LogP) is 2.30. The summed E-state index contributed by atoms with van der Waals surface area (Å²) in [4.78, 5) is 10.4. The molecule has 3 rings (SSSR count). The highest BCUT2D eigenvalue weighted by Crippen LogP contribution is 2.28. The fourth-order valence-electron chi connectivity index (χ4n) is 3.01. The van der Waals surface area contributed by atoms with Crippen molar-refractivity contribution in [2.24, 2.45) is 5.92 Å². The van der Waals surface area contributed by atoms with Crippen LogP contribution in [0.1, 0.15) is 25.7 Å². The Bertz CT molecular complexity index is 587. The Morgan fingerprint density at radius 1 is 1.25 bits per heavy atom. The molecule has 1 fully saturated rings. The Kier molecular flexibility index (Phi) is 3.72. The van der Waals surface area contributed by atoms with E-state index in [0.717, 1.165) is 43.0 Å². The van der Waals surface area contributed by atoms with Gasteiger partial charge in [-0.1, -0.05) is 13.8 Å². The number of nitrogens with one attached hydrogen (secondary N) is 2. The summed E-state index contributed by atoms with van der Waals surface area (Å²) in [6, 6.07) is 4.97. The van der Waals surface area contributed by atoms with Crippen LogP contribution in [0, 0.1) is 11.7 Å². The maximum absolute atomic E-state index is 13.3. The van der Waals surface area contributed by atoms with Gasteiger partial charge in [-0.3, -0.25) is 4.90 Å². The number of H-pyrrole nitrogens is 1. The molecule has 0 spiro atoms. The van der Waals surface area contributed by atoms with Gasteiger partial charge in [0.1, 0.15) is 11.6 Å². The Hall–Kier alpha value is -1.46. The molecule has 2 heterocycles. The zero-order valence-electron chi connectivity index (χ0n) is 12.0. The van der Waals surface area contributed by atoms with E-state index in [1.54, 1.807) is 6.07 Å². The van der Waals surface area contributed by atoms with Gasteiger partial charge in [-0.25, -0.2) is 9.37 Å². The standard InChI is InChI=1S/C15H21FN4/c1-10(2)14(20-7-5-17-6-8-20)15-18-12-4-3-11(16)9-13(12)19-15/h3-4,9-10,14,17H,5-8H2,1-2H3,(H,18,19). The average molecular weight is 276 g/mol. The first-order valence-electron chi connectivity index (χ1n) is 7.25. The number of hydrogen-bond donors (Lipinski definition) is 2. The molecule has 1 saturated heterocycles. The van der Waals surface area contributed by atoms with Gasteiger partial charge in [0.05, 0.1) is 17.1 Å². The summed E-state index contributed by atoms with van der Waals surface area (Å²) in [6.07, 6.45) is 0. The van der Waals surface area contributed by atoms with Crippen molar-refractivity contribution in [2.45, 2.75) is 19.9 Å². The SMILES string of the molecule is CC(C)C(c1nc2ccc(F)cc2[nH]1)N1CCNCC1. The number of piperazine rings is 1. The number of hydrogen-bond acceptors (Lipinski definition) is 3. The van der Waals surface area contributed by atoms with E-state index in [-0.39, 0.29) is 11.9 Å². The van der Waals surface area contributed by atoms with Gasteiger partial charge >= 0.3 is 0 Å². The number of nitrogens with zero attached hydrogens (tertiary/aromatic N) is 2. The number of aromatic nitrogens is 2. The molecule has 5 heteroatoms. The van der Waals surface area contributed by atoms with Gasteiger partial charge in [-0.15, -0.1) is 0 Å². The molecule has 0 bridgehead atoms. The van der Waals surface area contributed by atoms with Gasteiger partial charge in [0.15, 0.2) is 0 Å². The largest absolute Gasteiger partial charge is 0.341 e. The first-order valence-corrected chi connectivity index (χ1v) is 7.25. The van der Waals surface area contributed by atoms with E-state index in [1.165, 1.54) is 12.1 Å². The first kappa shape index (κ1) is 13.5. The molecule has 108 valence electrons. The van der Waals surface area contributed by atoms with Crippen LogP contribution in [0.2, 0.25) is 0 Å². The van der Waals surface area contributed by atoms with Crippen molar-refractivity contribution in [1.29, 1.82) is 0 Å². The lowest BCUT2D eigenvalue weighted by atomic mass is 10.0. The van der Waals surface area contributed by atoms with E-state index in [1.807, 2.05) is 0 Å². The summed E-state index contributed by atoms with van der Waals surface area (Å²) in [5.74, 6) is 1.18. The molecule has 0 aliphatic carbocycles. The molecule has 4 nitrogen and oxygen atoms in total. The minimum Gasteiger partial charge on any atom is -0.341 e. The van der Waals surface area contributed by atoms with Crippen LogP contribution in [0.15, 0.2) is 18.2 Å². The topological polar surface area (TPSA) is 44.0 Å². The highest BCUT2D eigenvalue weighted by molar-refractivity contribution is 5.75. The van der Waals surface area contributed by atoms with Crippen LogP contribution in [0.4, 0.5) is 4.39 Å². The molecule has 1 aromatic carbocycles. The normalized spacial score (nSPS) is 18.8. The third kappa shape index (κ3) is 2.55. The summed E-state index contributed by atoms with van der Waals surface area (Å²) in [6.45, 7) is 8.49. The van der Waals surface area contributed by atoms with Crippen molar-refractivity contribution in [1.82, 2.24) is 20.2 Å². The molecular weight excluding hydrogens is 255 g/mol. The Labute approximate surface area is 118 Å². The maximum atomic E-state index is 13.3. The van der Waals surface area contributed by atoms with E-state index >= 15 is 0 Å². The van der Waals surface area contributed by atoms with Crippen LogP contribution in [-0.2, 0) is 0 Å². The number of fused-ring (bicyclic) bond motifs is 1. The predicted molar refractivity (Wildman–Crippen MR) is 78.1 cm³/mol. The fourth-order valence-corrected chi connectivity index (χ4v) is 3.01. The van der Waals surface area contributed by atoms with E-state index in [9.17, 15) is 4.39 Å². The van der Waals surface area contributed by atoms with Crippen molar-refractivity contribution < 1.29 is 4.39 Å². The third-order valence-electron chi connectivity index (χ3n) is 3.92. The van der Waals surface area contributed by atoms with Crippen molar-refractivity contribution in [3.05, 3.63) is 29.8 Å². The Balaban J connectivity index is 1.96. The lowest BCUT2D eigenvalue weighted by Gasteiger charge is -2.36. The van der Waals surface area contributed by atoms with Crippen molar-refractivity contribution in [3.8, 4) is 0 Å². The molecule has 1 atom stereocenters. The Morgan fingerprint density at radius 2 is 2.00 bits per heavy atom. The second-order valence-electron chi connectivity index (χ2n) is 5.76. The number of halogens is 1. The molecule has 2 N–H and O–H groups in total. The second-order valence-corrected chi connectivity index (χ2v) is 5.76. The number of aromatic amines is 1. The van der Waals surface area contributed by atoms with Crippen LogP contribution in [-0.4, -0.2) is 41.0 Å². The van der Waals surface area contributed by atoms with Crippen LogP contribution in [0.3, 0.4) is 0 Å². The molecule has 0 amide bonds. The summed E-state index contributed by atoms with van der Waals surface area (Å²) in [5, 5.41) is 3.37. The van der Waals surface area contributed by atoms with Crippen LogP contribution in [0.5, 0.6) is 0 Å². The maximum Gasteiger partial charge on any atom is 0.125 e. The average Bonchev–Trinajstić information content (AvgIpc) is 2.82. The number of rotatable bonds is 3.